The lowest BCUT2D eigenvalue weighted by Crippen LogP contribution is -2.13. The number of hydrogen-bond donors (Lipinski definition) is 0. The second-order valence-corrected chi connectivity index (χ2v) is 6.31. The summed E-state index contributed by atoms with van der Waals surface area (Å²) in [5, 5.41) is 0.767. The van der Waals surface area contributed by atoms with E-state index in [1.807, 2.05) is 30.3 Å². The number of hydrogen-bond acceptors (Lipinski definition) is 2. The highest BCUT2D eigenvalue weighted by molar-refractivity contribution is 6.30. The average Bonchev–Trinajstić information content (AvgIpc) is 2.47. The average molecular weight is 318 g/mol. The Morgan fingerprint density at radius 1 is 1.05 bits per heavy atom. The summed E-state index contributed by atoms with van der Waals surface area (Å²) in [6, 6.07) is 14.2. The van der Waals surface area contributed by atoms with Gasteiger partial charge < -0.3 is 9.64 Å². The van der Waals surface area contributed by atoms with Crippen molar-refractivity contribution in [1.29, 1.82) is 0 Å². The van der Waals surface area contributed by atoms with Gasteiger partial charge in [-0.05, 0) is 75.3 Å². The molecule has 0 fully saturated rings. The molecule has 0 atom stereocenters. The number of rotatable bonds is 7. The van der Waals surface area contributed by atoms with E-state index in [-0.39, 0.29) is 0 Å². The molecule has 0 heterocycles. The van der Waals surface area contributed by atoms with Crippen LogP contribution in [-0.4, -0.2) is 25.5 Å². The Kier molecular flexibility index (Phi) is 6.29. The number of nitrogens with zero attached hydrogens (tertiary/aromatic N) is 1. The zero-order chi connectivity index (χ0) is 15.9. The van der Waals surface area contributed by atoms with E-state index in [0.29, 0.717) is 6.61 Å². The molecule has 2 nitrogen and oxygen atoms in total. The minimum Gasteiger partial charge on any atom is -0.489 e. The molecular weight excluding hydrogens is 294 g/mol. The fraction of sp³-hybridized carbons (Fsp3) is 0.368. The zero-order valence-corrected chi connectivity index (χ0v) is 14.4. The summed E-state index contributed by atoms with van der Waals surface area (Å²) >= 11 is 6.13. The van der Waals surface area contributed by atoms with Crippen LogP contribution in [0.1, 0.15) is 23.1 Å². The summed E-state index contributed by atoms with van der Waals surface area (Å²) in [5.74, 6) is 0.936. The standard InChI is InChI=1S/C19H24ClNO/c1-15-7-4-5-8-17(15)14-22-19-11-10-18(20)13-16(19)9-6-12-21(2)3/h4-5,7-8,10-11,13H,6,9,12,14H2,1-3H3. The molecule has 2 aromatic rings. The molecule has 22 heavy (non-hydrogen) atoms. The lowest BCUT2D eigenvalue weighted by Gasteiger charge is -2.14. The number of aryl methyl sites for hydroxylation is 2. The third kappa shape index (κ3) is 5.04. The first-order chi connectivity index (χ1) is 10.6. The van der Waals surface area contributed by atoms with E-state index in [2.05, 4.69) is 38.1 Å². The molecule has 0 aliphatic carbocycles. The fourth-order valence-corrected chi connectivity index (χ4v) is 2.59. The summed E-state index contributed by atoms with van der Waals surface area (Å²) in [7, 11) is 4.18. The molecule has 118 valence electrons. The monoisotopic (exact) mass is 317 g/mol. The molecule has 0 saturated heterocycles. The van der Waals surface area contributed by atoms with Gasteiger partial charge in [0.05, 0.1) is 0 Å². The molecule has 0 aromatic heterocycles. The van der Waals surface area contributed by atoms with Crippen molar-refractivity contribution >= 4 is 11.6 Å². The van der Waals surface area contributed by atoms with Crippen LogP contribution in [0.3, 0.4) is 0 Å². The van der Waals surface area contributed by atoms with Crippen molar-refractivity contribution in [2.75, 3.05) is 20.6 Å². The van der Waals surface area contributed by atoms with Crippen LogP contribution in [-0.2, 0) is 13.0 Å². The zero-order valence-electron chi connectivity index (χ0n) is 13.6. The molecule has 3 heteroatoms. The van der Waals surface area contributed by atoms with Crippen molar-refractivity contribution in [2.24, 2.45) is 0 Å². The third-order valence-corrected chi connectivity index (χ3v) is 3.95. The van der Waals surface area contributed by atoms with Gasteiger partial charge in [-0.3, -0.25) is 0 Å². The molecule has 0 unspecified atom stereocenters. The van der Waals surface area contributed by atoms with Crippen molar-refractivity contribution in [1.82, 2.24) is 4.90 Å². The van der Waals surface area contributed by atoms with Crippen molar-refractivity contribution in [3.63, 3.8) is 0 Å². The van der Waals surface area contributed by atoms with Crippen LogP contribution in [0, 0.1) is 6.92 Å². The van der Waals surface area contributed by atoms with E-state index >= 15 is 0 Å². The van der Waals surface area contributed by atoms with Gasteiger partial charge in [-0.15, -0.1) is 0 Å². The molecule has 0 saturated carbocycles. The summed E-state index contributed by atoms with van der Waals surface area (Å²) in [6.07, 6.45) is 2.07. The van der Waals surface area contributed by atoms with Gasteiger partial charge in [0.25, 0.3) is 0 Å². The molecule has 0 aliphatic heterocycles. The van der Waals surface area contributed by atoms with E-state index in [1.165, 1.54) is 16.7 Å². The van der Waals surface area contributed by atoms with Crippen molar-refractivity contribution in [2.45, 2.75) is 26.4 Å². The lowest BCUT2D eigenvalue weighted by molar-refractivity contribution is 0.301. The van der Waals surface area contributed by atoms with Crippen LogP contribution in [0.25, 0.3) is 0 Å². The molecule has 2 rings (SSSR count). The maximum absolute atomic E-state index is 6.13. The topological polar surface area (TPSA) is 12.5 Å². The van der Waals surface area contributed by atoms with E-state index in [4.69, 9.17) is 16.3 Å². The molecular formula is C19H24ClNO. The van der Waals surface area contributed by atoms with Crippen molar-refractivity contribution in [3.8, 4) is 5.75 Å². The molecule has 2 aromatic carbocycles. The number of benzene rings is 2. The van der Waals surface area contributed by atoms with Crippen LogP contribution >= 0.6 is 11.6 Å². The highest BCUT2D eigenvalue weighted by Crippen LogP contribution is 2.25. The number of halogens is 1. The normalized spacial score (nSPS) is 11.0. The predicted octanol–water partition coefficient (Wildman–Crippen LogP) is 4.72. The largest absolute Gasteiger partial charge is 0.489 e. The Morgan fingerprint density at radius 3 is 2.55 bits per heavy atom. The van der Waals surface area contributed by atoms with Gasteiger partial charge in [0, 0.05) is 5.02 Å². The van der Waals surface area contributed by atoms with Gasteiger partial charge in [-0.2, -0.15) is 0 Å². The highest BCUT2D eigenvalue weighted by atomic mass is 35.5. The Hall–Kier alpha value is -1.51. The van der Waals surface area contributed by atoms with Gasteiger partial charge in [0.1, 0.15) is 12.4 Å². The Bertz CT molecular complexity index is 610. The minimum atomic E-state index is 0.592. The number of ether oxygens (including phenoxy) is 1. The first kappa shape index (κ1) is 16.9. The summed E-state index contributed by atoms with van der Waals surface area (Å²) in [5.41, 5.74) is 3.66. The molecule has 0 aliphatic rings. The van der Waals surface area contributed by atoms with Gasteiger partial charge in [0.2, 0.25) is 0 Å². The summed E-state index contributed by atoms with van der Waals surface area (Å²) in [4.78, 5) is 2.19. The van der Waals surface area contributed by atoms with Gasteiger partial charge in [-0.1, -0.05) is 35.9 Å². The van der Waals surface area contributed by atoms with Gasteiger partial charge >= 0.3 is 0 Å². The Morgan fingerprint density at radius 2 is 1.82 bits per heavy atom. The molecule has 0 amide bonds. The second-order valence-electron chi connectivity index (χ2n) is 5.87. The molecule has 0 spiro atoms. The van der Waals surface area contributed by atoms with E-state index in [1.54, 1.807) is 0 Å². The SMILES string of the molecule is Cc1ccccc1COc1ccc(Cl)cc1CCCN(C)C. The minimum absolute atomic E-state index is 0.592. The van der Waals surface area contributed by atoms with Crippen LogP contribution in [0.15, 0.2) is 42.5 Å². The van der Waals surface area contributed by atoms with Crippen LogP contribution in [0.2, 0.25) is 5.02 Å². The molecule has 0 N–H and O–H groups in total. The van der Waals surface area contributed by atoms with Gasteiger partial charge in [0.15, 0.2) is 0 Å². The van der Waals surface area contributed by atoms with Crippen molar-refractivity contribution in [3.05, 3.63) is 64.2 Å². The van der Waals surface area contributed by atoms with Gasteiger partial charge in [-0.25, -0.2) is 0 Å². The van der Waals surface area contributed by atoms with E-state index in [0.717, 1.165) is 30.2 Å². The quantitative estimate of drug-likeness (QED) is 0.732. The van der Waals surface area contributed by atoms with Crippen LogP contribution < -0.4 is 4.74 Å². The lowest BCUT2D eigenvalue weighted by atomic mass is 10.1. The van der Waals surface area contributed by atoms with Crippen LogP contribution in [0.5, 0.6) is 5.75 Å². The third-order valence-electron chi connectivity index (χ3n) is 3.72. The highest BCUT2D eigenvalue weighted by Gasteiger charge is 2.07. The maximum Gasteiger partial charge on any atom is 0.123 e. The Balaban J connectivity index is 2.05. The van der Waals surface area contributed by atoms with Crippen molar-refractivity contribution < 1.29 is 4.74 Å². The van der Waals surface area contributed by atoms with E-state index in [9.17, 15) is 0 Å². The molecule has 0 bridgehead atoms. The fourth-order valence-electron chi connectivity index (χ4n) is 2.40. The van der Waals surface area contributed by atoms with E-state index < -0.39 is 0 Å². The first-order valence-corrected chi connectivity index (χ1v) is 8.04. The van der Waals surface area contributed by atoms with Crippen LogP contribution in [0.4, 0.5) is 0 Å². The first-order valence-electron chi connectivity index (χ1n) is 7.66. The predicted molar refractivity (Wildman–Crippen MR) is 93.8 cm³/mol. The Labute approximate surface area is 138 Å². The summed E-state index contributed by atoms with van der Waals surface area (Å²) < 4.78 is 6.04. The molecule has 0 radical (unpaired) electrons. The smallest absolute Gasteiger partial charge is 0.123 e. The summed E-state index contributed by atoms with van der Waals surface area (Å²) in [6.45, 7) is 3.76. The second kappa shape index (κ2) is 8.21. The maximum atomic E-state index is 6.13.